The van der Waals surface area contributed by atoms with E-state index in [0.29, 0.717) is 6.61 Å². The number of Topliss-reactive ketones (excluding diaryl/α,β-unsaturated/α-hetero) is 1. The van der Waals surface area contributed by atoms with E-state index in [1.165, 1.54) is 6.42 Å². The summed E-state index contributed by atoms with van der Waals surface area (Å²) in [5.41, 5.74) is 0. The molecule has 2 aromatic carbocycles. The fourth-order valence-electron chi connectivity index (χ4n) is 3.47. The van der Waals surface area contributed by atoms with Gasteiger partial charge in [-0.2, -0.15) is 0 Å². The van der Waals surface area contributed by atoms with Gasteiger partial charge in [0.1, 0.15) is 0 Å². The van der Waals surface area contributed by atoms with Crippen LogP contribution in [0.5, 0.6) is 0 Å². The van der Waals surface area contributed by atoms with Crippen molar-refractivity contribution in [3.8, 4) is 0 Å². The molecule has 2 aromatic rings. The molecule has 0 bridgehead atoms. The van der Waals surface area contributed by atoms with Crippen molar-refractivity contribution in [2.24, 2.45) is 5.92 Å². The molecule has 0 amide bonds. The minimum absolute atomic E-state index is 0.0191. The third-order valence-electron chi connectivity index (χ3n) is 4.85. The Balaban J connectivity index is 2.03. The molecular weight excluding hydrogens is 482 g/mol. The first-order chi connectivity index (χ1) is 13.7. The zero-order valence-electron chi connectivity index (χ0n) is 16.1. The van der Waals surface area contributed by atoms with Gasteiger partial charge in [0.05, 0.1) is 0 Å². The topological polar surface area (TPSA) is 43.4 Å². The van der Waals surface area contributed by atoms with Crippen LogP contribution < -0.4 is 8.92 Å². The number of ketones is 1. The molecule has 1 aliphatic carbocycles. The molecule has 3 nitrogen and oxygen atoms in total. The van der Waals surface area contributed by atoms with Gasteiger partial charge in [-0.3, -0.25) is 0 Å². The van der Waals surface area contributed by atoms with Crippen LogP contribution in [0.1, 0.15) is 39.0 Å². The van der Waals surface area contributed by atoms with E-state index in [9.17, 15) is 9.59 Å². The van der Waals surface area contributed by atoms with Gasteiger partial charge in [-0.05, 0) is 0 Å². The molecule has 5 heteroatoms. The Hall–Kier alpha value is -1.38. The molecular formula is C23H26O3Se2. The van der Waals surface area contributed by atoms with E-state index in [2.05, 4.69) is 0 Å². The van der Waals surface area contributed by atoms with Crippen LogP contribution >= 0.6 is 0 Å². The first-order valence-corrected chi connectivity index (χ1v) is 13.3. The van der Waals surface area contributed by atoms with Crippen LogP contribution in [0.25, 0.3) is 0 Å². The number of hydrogen-bond acceptors (Lipinski definition) is 3. The zero-order chi connectivity index (χ0) is 19.8. The predicted molar refractivity (Wildman–Crippen MR) is 115 cm³/mol. The molecule has 0 unspecified atom stereocenters. The Bertz CT molecular complexity index is 729. The van der Waals surface area contributed by atoms with Crippen molar-refractivity contribution >= 4 is 50.6 Å². The number of carbonyl (C=O) groups is 2. The second-order valence-corrected chi connectivity index (χ2v) is 13.6. The summed E-state index contributed by atoms with van der Waals surface area (Å²) in [6.07, 6.45) is 5.13. The summed E-state index contributed by atoms with van der Waals surface area (Å²) in [7, 11) is 0. The van der Waals surface area contributed by atoms with Gasteiger partial charge in [0.25, 0.3) is 0 Å². The Morgan fingerprint density at radius 1 is 0.893 bits per heavy atom. The molecule has 0 heterocycles. The average Bonchev–Trinajstić information content (AvgIpc) is 2.75. The Kier molecular flexibility index (Phi) is 7.93. The molecule has 1 aliphatic rings. The first kappa shape index (κ1) is 21.3. The molecule has 0 atom stereocenters. The summed E-state index contributed by atoms with van der Waals surface area (Å²) in [4.78, 5) is 27.2. The Morgan fingerprint density at radius 2 is 1.39 bits per heavy atom. The summed E-state index contributed by atoms with van der Waals surface area (Å²) < 4.78 is 6.64. The third kappa shape index (κ3) is 5.15. The van der Waals surface area contributed by atoms with E-state index < -0.39 is 3.21 Å². The average molecular weight is 508 g/mol. The molecule has 3 rings (SSSR count). The summed E-state index contributed by atoms with van der Waals surface area (Å²) in [5, 5.41) is 0. The van der Waals surface area contributed by atoms with Crippen molar-refractivity contribution in [1.82, 2.24) is 0 Å². The normalized spacial score (nSPS) is 15.2. The fourth-order valence-corrected chi connectivity index (χ4v) is 10.5. The van der Waals surface area contributed by atoms with Gasteiger partial charge in [0.2, 0.25) is 0 Å². The zero-order valence-corrected chi connectivity index (χ0v) is 19.6. The van der Waals surface area contributed by atoms with Gasteiger partial charge < -0.3 is 0 Å². The minimum atomic E-state index is -1.04. The van der Waals surface area contributed by atoms with Crippen molar-refractivity contribution in [1.29, 1.82) is 0 Å². The second-order valence-electron chi connectivity index (χ2n) is 6.87. The molecule has 0 saturated heterocycles. The Labute approximate surface area is 179 Å². The summed E-state index contributed by atoms with van der Waals surface area (Å²) in [6.45, 7) is 2.12. The van der Waals surface area contributed by atoms with E-state index in [1.54, 1.807) is 0 Å². The summed E-state index contributed by atoms with van der Waals surface area (Å²) in [5.74, 6) is -0.217. The molecule has 1 fully saturated rings. The molecule has 0 aliphatic heterocycles. The van der Waals surface area contributed by atoms with Crippen molar-refractivity contribution in [3.63, 3.8) is 0 Å². The van der Waals surface area contributed by atoms with E-state index >= 15 is 0 Å². The van der Waals surface area contributed by atoms with E-state index in [4.69, 9.17) is 4.74 Å². The van der Waals surface area contributed by atoms with Crippen molar-refractivity contribution in [2.75, 3.05) is 6.61 Å². The van der Waals surface area contributed by atoms with Gasteiger partial charge >= 0.3 is 180 Å². The van der Waals surface area contributed by atoms with Gasteiger partial charge in [0.15, 0.2) is 0 Å². The number of ether oxygens (including phenoxy) is 1. The van der Waals surface area contributed by atoms with Crippen molar-refractivity contribution in [3.05, 3.63) is 60.7 Å². The van der Waals surface area contributed by atoms with E-state index in [0.717, 1.165) is 34.6 Å². The van der Waals surface area contributed by atoms with Crippen LogP contribution in [0.15, 0.2) is 60.7 Å². The van der Waals surface area contributed by atoms with E-state index in [-0.39, 0.29) is 47.6 Å². The first-order valence-electron chi connectivity index (χ1n) is 9.85. The molecule has 148 valence electrons. The van der Waals surface area contributed by atoms with Crippen LogP contribution in [0.2, 0.25) is 3.21 Å². The number of rotatable bonds is 8. The Morgan fingerprint density at radius 3 is 1.86 bits per heavy atom. The maximum absolute atomic E-state index is 13.9. The molecule has 28 heavy (non-hydrogen) atoms. The SMILES string of the molecule is CCOC(=O)C([Se]c1ccccc1)([Se]c1ccccc1)C(=O)C1CCCCC1. The number of benzene rings is 2. The van der Waals surface area contributed by atoms with Gasteiger partial charge in [-0.15, -0.1) is 0 Å². The van der Waals surface area contributed by atoms with Crippen molar-refractivity contribution in [2.45, 2.75) is 42.2 Å². The number of carbonyl (C=O) groups excluding carboxylic acids is 2. The monoisotopic (exact) mass is 510 g/mol. The quantitative estimate of drug-likeness (QED) is 0.313. The summed E-state index contributed by atoms with van der Waals surface area (Å²) >= 11 is -0.629. The van der Waals surface area contributed by atoms with Crippen LogP contribution in [0.4, 0.5) is 0 Å². The third-order valence-corrected chi connectivity index (χ3v) is 11.6. The second kappa shape index (κ2) is 10.4. The molecule has 1 saturated carbocycles. The van der Waals surface area contributed by atoms with Crippen LogP contribution in [-0.2, 0) is 14.3 Å². The van der Waals surface area contributed by atoms with Crippen LogP contribution in [0, 0.1) is 5.92 Å². The van der Waals surface area contributed by atoms with Crippen molar-refractivity contribution < 1.29 is 14.3 Å². The van der Waals surface area contributed by atoms with Gasteiger partial charge in [-0.25, -0.2) is 0 Å². The van der Waals surface area contributed by atoms with Gasteiger partial charge in [-0.1, -0.05) is 0 Å². The predicted octanol–water partition coefficient (Wildman–Crippen LogP) is 2.87. The molecule has 0 radical (unpaired) electrons. The standard InChI is InChI=1S/C23H26O3Se2/c1-2-26-22(25)23(27-19-14-8-4-9-15-19,28-20-16-10-5-11-17-20)21(24)18-12-6-3-7-13-18/h4-5,8-11,14-18H,2-3,6-7,12-13H2,1H3. The van der Waals surface area contributed by atoms with E-state index in [1.807, 2.05) is 67.6 Å². The summed E-state index contributed by atoms with van der Waals surface area (Å²) in [6, 6.07) is 20.0. The van der Waals surface area contributed by atoms with Gasteiger partial charge in [0, 0.05) is 0 Å². The fraction of sp³-hybridized carbons (Fsp3) is 0.391. The molecule has 0 spiro atoms. The maximum atomic E-state index is 13.9. The number of hydrogen-bond donors (Lipinski definition) is 0. The molecule has 0 aromatic heterocycles. The van der Waals surface area contributed by atoms with Crippen LogP contribution in [0.3, 0.4) is 0 Å². The molecule has 0 N–H and O–H groups in total. The number of esters is 1. The van der Waals surface area contributed by atoms with Crippen LogP contribution in [-0.4, -0.2) is 48.3 Å².